The van der Waals surface area contributed by atoms with Gasteiger partial charge in [0.1, 0.15) is 17.6 Å². The lowest BCUT2D eigenvalue weighted by Crippen LogP contribution is -2.49. The third-order valence-corrected chi connectivity index (χ3v) is 4.69. The molecule has 1 atom stereocenters. The van der Waals surface area contributed by atoms with E-state index >= 15 is 0 Å². The zero-order valence-corrected chi connectivity index (χ0v) is 17.5. The summed E-state index contributed by atoms with van der Waals surface area (Å²) in [6.07, 6.45) is 0.803. The normalized spacial score (nSPS) is 11.6. The second-order valence-electron chi connectivity index (χ2n) is 6.36. The first-order valence-corrected chi connectivity index (χ1v) is 9.90. The number of hydrogen-bond acceptors (Lipinski definition) is 3. The molecule has 0 aromatic heterocycles. The van der Waals surface area contributed by atoms with Crippen LogP contribution in [0.3, 0.4) is 0 Å². The van der Waals surface area contributed by atoms with Crippen molar-refractivity contribution in [3.05, 3.63) is 64.4 Å². The fourth-order valence-electron chi connectivity index (χ4n) is 2.52. The first-order valence-electron chi connectivity index (χ1n) is 9.10. The smallest absolute Gasteiger partial charge is 0.261 e. The molecule has 0 bridgehead atoms. The van der Waals surface area contributed by atoms with Gasteiger partial charge >= 0.3 is 0 Å². The molecule has 1 N–H and O–H groups in total. The highest BCUT2D eigenvalue weighted by atomic mass is 79.9. The topological polar surface area (TPSA) is 58.6 Å². The van der Waals surface area contributed by atoms with E-state index in [1.54, 1.807) is 31.2 Å². The van der Waals surface area contributed by atoms with E-state index in [4.69, 9.17) is 4.74 Å². The van der Waals surface area contributed by atoms with Gasteiger partial charge in [-0.3, -0.25) is 9.59 Å². The molecule has 0 aliphatic rings. The van der Waals surface area contributed by atoms with Gasteiger partial charge in [0.2, 0.25) is 5.91 Å². The molecular formula is C21H24BrFN2O3. The lowest BCUT2D eigenvalue weighted by atomic mass is 10.1. The summed E-state index contributed by atoms with van der Waals surface area (Å²) in [4.78, 5) is 26.6. The van der Waals surface area contributed by atoms with Crippen LogP contribution in [0, 0.1) is 5.82 Å². The first kappa shape index (κ1) is 21.9. The van der Waals surface area contributed by atoms with Gasteiger partial charge in [-0.05, 0) is 55.3 Å². The molecule has 0 aliphatic heterocycles. The second kappa shape index (κ2) is 10.8. The largest absolute Gasteiger partial charge is 0.484 e. The van der Waals surface area contributed by atoms with Gasteiger partial charge in [-0.15, -0.1) is 0 Å². The van der Waals surface area contributed by atoms with Gasteiger partial charge in [0.05, 0.1) is 0 Å². The molecule has 0 radical (unpaired) electrons. The maximum absolute atomic E-state index is 13.2. The Morgan fingerprint density at radius 3 is 2.39 bits per heavy atom. The van der Waals surface area contributed by atoms with Gasteiger partial charge in [0, 0.05) is 17.6 Å². The SMILES string of the molecule is CCCNC(=O)[C@H](C)N(Cc1ccc(F)cc1)C(=O)COc1ccc(Br)cc1. The lowest BCUT2D eigenvalue weighted by molar-refractivity contribution is -0.142. The minimum atomic E-state index is -0.683. The lowest BCUT2D eigenvalue weighted by Gasteiger charge is -2.28. The van der Waals surface area contributed by atoms with E-state index < -0.39 is 6.04 Å². The van der Waals surface area contributed by atoms with Gasteiger partial charge < -0.3 is 15.0 Å². The fraction of sp³-hybridized carbons (Fsp3) is 0.333. The van der Waals surface area contributed by atoms with Crippen molar-refractivity contribution in [2.24, 2.45) is 0 Å². The van der Waals surface area contributed by atoms with Crippen LogP contribution in [-0.2, 0) is 16.1 Å². The Labute approximate surface area is 173 Å². The molecular weight excluding hydrogens is 427 g/mol. The van der Waals surface area contributed by atoms with E-state index in [1.165, 1.54) is 17.0 Å². The molecule has 2 aromatic carbocycles. The highest BCUT2D eigenvalue weighted by Gasteiger charge is 2.26. The van der Waals surface area contributed by atoms with Crippen LogP contribution in [-0.4, -0.2) is 35.9 Å². The summed E-state index contributed by atoms with van der Waals surface area (Å²) in [5.41, 5.74) is 0.730. The molecule has 0 heterocycles. The molecule has 5 nitrogen and oxygen atoms in total. The predicted octanol–water partition coefficient (Wildman–Crippen LogP) is 3.91. The van der Waals surface area contributed by atoms with Crippen LogP contribution in [0.5, 0.6) is 5.75 Å². The number of carbonyl (C=O) groups excluding carboxylic acids is 2. The molecule has 0 aliphatic carbocycles. The quantitative estimate of drug-likeness (QED) is 0.629. The molecule has 0 saturated heterocycles. The molecule has 2 rings (SSSR count). The third-order valence-electron chi connectivity index (χ3n) is 4.16. The summed E-state index contributed by atoms with van der Waals surface area (Å²) >= 11 is 3.34. The zero-order chi connectivity index (χ0) is 20.5. The number of benzene rings is 2. The van der Waals surface area contributed by atoms with Crippen molar-refractivity contribution in [3.63, 3.8) is 0 Å². The Morgan fingerprint density at radius 2 is 1.79 bits per heavy atom. The monoisotopic (exact) mass is 450 g/mol. The van der Waals surface area contributed by atoms with Crippen LogP contribution in [0.15, 0.2) is 53.0 Å². The van der Waals surface area contributed by atoms with Crippen LogP contribution in [0.25, 0.3) is 0 Å². The van der Waals surface area contributed by atoms with Crippen LogP contribution < -0.4 is 10.1 Å². The molecule has 2 aromatic rings. The predicted molar refractivity (Wildman–Crippen MR) is 109 cm³/mol. The van der Waals surface area contributed by atoms with E-state index in [0.29, 0.717) is 12.3 Å². The van der Waals surface area contributed by atoms with Crippen molar-refractivity contribution in [3.8, 4) is 5.75 Å². The maximum Gasteiger partial charge on any atom is 0.261 e. The summed E-state index contributed by atoms with van der Waals surface area (Å²) in [5, 5.41) is 2.80. The van der Waals surface area contributed by atoms with E-state index in [2.05, 4.69) is 21.2 Å². The van der Waals surface area contributed by atoms with Crippen molar-refractivity contribution < 1.29 is 18.7 Å². The van der Waals surface area contributed by atoms with E-state index in [-0.39, 0.29) is 30.8 Å². The number of ether oxygens (including phenoxy) is 1. The first-order chi connectivity index (χ1) is 13.4. The molecule has 0 unspecified atom stereocenters. The highest BCUT2D eigenvalue weighted by Crippen LogP contribution is 2.17. The summed E-state index contributed by atoms with van der Waals surface area (Å²) in [6, 6.07) is 12.3. The van der Waals surface area contributed by atoms with Crippen molar-refractivity contribution >= 4 is 27.7 Å². The zero-order valence-electron chi connectivity index (χ0n) is 16.0. The fourth-order valence-corrected chi connectivity index (χ4v) is 2.79. The number of hydrogen-bond donors (Lipinski definition) is 1. The molecule has 0 fully saturated rings. The van der Waals surface area contributed by atoms with Gasteiger partial charge in [-0.25, -0.2) is 4.39 Å². The maximum atomic E-state index is 13.2. The van der Waals surface area contributed by atoms with Crippen LogP contribution in [0.1, 0.15) is 25.8 Å². The van der Waals surface area contributed by atoms with Crippen molar-refractivity contribution in [2.75, 3.05) is 13.2 Å². The van der Waals surface area contributed by atoms with Gasteiger partial charge in [-0.2, -0.15) is 0 Å². The number of halogens is 2. The van der Waals surface area contributed by atoms with Crippen LogP contribution >= 0.6 is 15.9 Å². The van der Waals surface area contributed by atoms with Crippen molar-refractivity contribution in [2.45, 2.75) is 32.9 Å². The Morgan fingerprint density at radius 1 is 1.14 bits per heavy atom. The van der Waals surface area contributed by atoms with Crippen molar-refractivity contribution in [1.82, 2.24) is 10.2 Å². The number of carbonyl (C=O) groups is 2. The standard InChI is InChI=1S/C21H24BrFN2O3/c1-3-12-24-21(27)15(2)25(13-16-4-8-18(23)9-5-16)20(26)14-28-19-10-6-17(22)7-11-19/h4-11,15H,3,12-14H2,1-2H3,(H,24,27)/t15-/m0/s1. The minimum absolute atomic E-state index is 0.184. The van der Waals surface area contributed by atoms with Gasteiger partial charge in [0.15, 0.2) is 6.61 Å². The molecule has 28 heavy (non-hydrogen) atoms. The van der Waals surface area contributed by atoms with Gasteiger partial charge in [0.25, 0.3) is 5.91 Å². The highest BCUT2D eigenvalue weighted by molar-refractivity contribution is 9.10. The Hall–Kier alpha value is -2.41. The molecule has 0 saturated carbocycles. The molecule has 150 valence electrons. The molecule has 2 amide bonds. The van der Waals surface area contributed by atoms with Crippen molar-refractivity contribution in [1.29, 1.82) is 0 Å². The third kappa shape index (κ3) is 6.64. The average Bonchev–Trinajstić information content (AvgIpc) is 2.70. The number of amides is 2. The summed E-state index contributed by atoms with van der Waals surface area (Å²) in [6.45, 7) is 4.15. The second-order valence-corrected chi connectivity index (χ2v) is 7.27. The summed E-state index contributed by atoms with van der Waals surface area (Å²) in [5.74, 6) is -0.359. The Kier molecular flexibility index (Phi) is 8.44. The average molecular weight is 451 g/mol. The number of rotatable bonds is 9. The van der Waals surface area contributed by atoms with Gasteiger partial charge in [-0.1, -0.05) is 35.0 Å². The number of nitrogens with zero attached hydrogens (tertiary/aromatic N) is 1. The van der Waals surface area contributed by atoms with E-state index in [1.807, 2.05) is 19.1 Å². The van der Waals surface area contributed by atoms with E-state index in [0.717, 1.165) is 16.5 Å². The van der Waals surface area contributed by atoms with Crippen LogP contribution in [0.4, 0.5) is 4.39 Å². The molecule has 7 heteroatoms. The van der Waals surface area contributed by atoms with Crippen LogP contribution in [0.2, 0.25) is 0 Å². The Balaban J connectivity index is 2.10. The molecule has 0 spiro atoms. The number of nitrogens with one attached hydrogen (secondary N) is 1. The Bertz CT molecular complexity index is 781. The minimum Gasteiger partial charge on any atom is -0.484 e. The summed E-state index contributed by atoms with van der Waals surface area (Å²) < 4.78 is 19.7. The summed E-state index contributed by atoms with van der Waals surface area (Å²) in [7, 11) is 0. The van der Waals surface area contributed by atoms with E-state index in [9.17, 15) is 14.0 Å².